The van der Waals surface area contributed by atoms with Crippen LogP contribution in [0.4, 0.5) is 4.39 Å². The summed E-state index contributed by atoms with van der Waals surface area (Å²) in [6.45, 7) is -0.501. The number of Topliss-reactive ketones (excluding diaryl/α,β-unsaturated/α-hetero) is 1. The highest BCUT2D eigenvalue weighted by Gasteiger charge is 2.17. The van der Waals surface area contributed by atoms with E-state index in [0.29, 0.717) is 10.9 Å². The van der Waals surface area contributed by atoms with Gasteiger partial charge in [0.25, 0.3) is 0 Å². The Morgan fingerprint density at radius 1 is 1.00 bits per heavy atom. The van der Waals surface area contributed by atoms with Crippen LogP contribution in [0.25, 0.3) is 10.9 Å². The Hall–Kier alpha value is -2.95. The van der Waals surface area contributed by atoms with Crippen LogP contribution in [0.1, 0.15) is 20.7 Å². The number of hydrogen-bond donors (Lipinski definition) is 1. The Kier molecular flexibility index (Phi) is 3.70. The molecule has 0 radical (unpaired) electrons. The summed E-state index contributed by atoms with van der Waals surface area (Å²) < 4.78 is 18.5. The predicted octanol–water partition coefficient (Wildman–Crippen LogP) is 3.35. The zero-order valence-corrected chi connectivity index (χ0v) is 11.5. The minimum atomic E-state index is -0.629. The molecule has 0 aliphatic carbocycles. The second kappa shape index (κ2) is 5.81. The first kappa shape index (κ1) is 14.0. The lowest BCUT2D eigenvalue weighted by Crippen LogP contribution is -2.15. The van der Waals surface area contributed by atoms with Crippen molar-refractivity contribution in [3.05, 3.63) is 71.7 Å². The maximum absolute atomic E-state index is 13.5. The molecule has 0 amide bonds. The number of ketones is 1. The number of aromatic amines is 1. The van der Waals surface area contributed by atoms with Crippen molar-refractivity contribution in [3.63, 3.8) is 0 Å². The second-order valence-electron chi connectivity index (χ2n) is 4.73. The summed E-state index contributed by atoms with van der Waals surface area (Å²) in [7, 11) is 0. The maximum Gasteiger partial charge on any atom is 0.340 e. The van der Waals surface area contributed by atoms with E-state index >= 15 is 0 Å². The molecule has 0 aliphatic rings. The summed E-state index contributed by atoms with van der Waals surface area (Å²) >= 11 is 0. The number of benzene rings is 2. The van der Waals surface area contributed by atoms with Gasteiger partial charge in [-0.25, -0.2) is 9.18 Å². The normalized spacial score (nSPS) is 10.6. The number of hydrogen-bond acceptors (Lipinski definition) is 3. The molecule has 1 aromatic heterocycles. The van der Waals surface area contributed by atoms with Crippen LogP contribution in [-0.4, -0.2) is 23.3 Å². The average molecular weight is 297 g/mol. The fourth-order valence-corrected chi connectivity index (χ4v) is 2.21. The number of rotatable bonds is 4. The Balaban J connectivity index is 1.73. The van der Waals surface area contributed by atoms with Crippen LogP contribution in [0.15, 0.2) is 54.7 Å². The number of nitrogens with one attached hydrogen (secondary N) is 1. The number of carbonyl (C=O) groups is 2. The first-order valence-corrected chi connectivity index (χ1v) is 6.68. The molecule has 3 aromatic rings. The molecule has 0 atom stereocenters. The van der Waals surface area contributed by atoms with E-state index in [1.807, 2.05) is 12.1 Å². The van der Waals surface area contributed by atoms with E-state index in [2.05, 4.69) is 4.98 Å². The molecule has 0 saturated carbocycles. The molecule has 5 heteroatoms. The third-order valence-corrected chi connectivity index (χ3v) is 3.32. The third-order valence-electron chi connectivity index (χ3n) is 3.32. The van der Waals surface area contributed by atoms with E-state index in [4.69, 9.17) is 4.74 Å². The number of para-hydroxylation sites is 1. The molecule has 3 rings (SSSR count). The molecule has 2 aromatic carbocycles. The maximum atomic E-state index is 13.5. The number of H-pyrrole nitrogens is 1. The smallest absolute Gasteiger partial charge is 0.340 e. The fraction of sp³-hybridized carbons (Fsp3) is 0.0588. The van der Waals surface area contributed by atoms with Crippen LogP contribution in [0.3, 0.4) is 0 Å². The molecule has 0 spiro atoms. The lowest BCUT2D eigenvalue weighted by atomic mass is 10.1. The zero-order chi connectivity index (χ0) is 15.5. The predicted molar refractivity (Wildman–Crippen MR) is 79.3 cm³/mol. The molecular weight excluding hydrogens is 285 g/mol. The number of carbonyl (C=O) groups excluding carboxylic acids is 2. The third kappa shape index (κ3) is 2.61. The van der Waals surface area contributed by atoms with Gasteiger partial charge in [0.1, 0.15) is 5.82 Å². The van der Waals surface area contributed by atoms with Gasteiger partial charge in [0.15, 0.2) is 6.61 Å². The molecule has 0 unspecified atom stereocenters. The number of aromatic nitrogens is 1. The topological polar surface area (TPSA) is 59.2 Å². The highest BCUT2D eigenvalue weighted by Crippen LogP contribution is 2.18. The fourth-order valence-electron chi connectivity index (χ4n) is 2.21. The van der Waals surface area contributed by atoms with Crippen molar-refractivity contribution in [1.82, 2.24) is 4.98 Å². The van der Waals surface area contributed by atoms with Crippen molar-refractivity contribution in [1.29, 1.82) is 0 Å². The Labute approximate surface area is 125 Å². The van der Waals surface area contributed by atoms with Crippen LogP contribution in [0.2, 0.25) is 0 Å². The minimum absolute atomic E-state index is 0.0887. The van der Waals surface area contributed by atoms with Gasteiger partial charge in [0.2, 0.25) is 5.78 Å². The van der Waals surface area contributed by atoms with Gasteiger partial charge in [-0.1, -0.05) is 30.3 Å². The van der Waals surface area contributed by atoms with Crippen molar-refractivity contribution in [3.8, 4) is 0 Å². The molecule has 22 heavy (non-hydrogen) atoms. The number of esters is 1. The minimum Gasteiger partial charge on any atom is -0.454 e. The van der Waals surface area contributed by atoms with E-state index in [0.717, 1.165) is 5.52 Å². The first-order valence-electron chi connectivity index (χ1n) is 6.68. The van der Waals surface area contributed by atoms with Crippen molar-refractivity contribution in [2.45, 2.75) is 0 Å². The monoisotopic (exact) mass is 297 g/mol. The summed E-state index contributed by atoms with van der Waals surface area (Å²) in [6.07, 6.45) is 1.53. The van der Waals surface area contributed by atoms with Gasteiger partial charge in [0, 0.05) is 17.1 Å². The van der Waals surface area contributed by atoms with Crippen molar-refractivity contribution in [2.24, 2.45) is 0 Å². The number of fused-ring (bicyclic) bond motifs is 1. The van der Waals surface area contributed by atoms with E-state index in [9.17, 15) is 14.0 Å². The number of ether oxygens (including phenoxy) is 1. The van der Waals surface area contributed by atoms with E-state index in [-0.39, 0.29) is 5.56 Å². The van der Waals surface area contributed by atoms with Gasteiger partial charge >= 0.3 is 5.97 Å². The lowest BCUT2D eigenvalue weighted by Gasteiger charge is -2.04. The molecule has 4 nitrogen and oxygen atoms in total. The number of halogens is 1. The van der Waals surface area contributed by atoms with Crippen LogP contribution in [0.5, 0.6) is 0 Å². The summed E-state index contributed by atoms with van der Waals surface area (Å²) in [6, 6.07) is 12.8. The molecule has 1 N–H and O–H groups in total. The van der Waals surface area contributed by atoms with Crippen LogP contribution in [0, 0.1) is 5.82 Å². The van der Waals surface area contributed by atoms with Crippen LogP contribution in [-0.2, 0) is 4.74 Å². The van der Waals surface area contributed by atoms with Crippen LogP contribution < -0.4 is 0 Å². The van der Waals surface area contributed by atoms with E-state index < -0.39 is 24.2 Å². The van der Waals surface area contributed by atoms with Crippen LogP contribution >= 0.6 is 0 Å². The Bertz CT molecular complexity index is 854. The molecule has 0 fully saturated rings. The van der Waals surface area contributed by atoms with Crippen molar-refractivity contribution < 1.29 is 18.7 Å². The van der Waals surface area contributed by atoms with Gasteiger partial charge in [-0.15, -0.1) is 0 Å². The highest BCUT2D eigenvalue weighted by molar-refractivity contribution is 6.05. The SMILES string of the molecule is O=C(COC(=O)c1c[nH]c2ccccc12)c1ccccc1F. The summed E-state index contributed by atoms with van der Waals surface area (Å²) in [5.41, 5.74) is 1.06. The molecule has 0 aliphatic heterocycles. The van der Waals surface area contributed by atoms with Gasteiger partial charge < -0.3 is 9.72 Å². The molecule has 0 bridgehead atoms. The summed E-state index contributed by atoms with van der Waals surface area (Å²) in [5, 5.41) is 0.714. The van der Waals surface area contributed by atoms with Gasteiger partial charge in [-0.2, -0.15) is 0 Å². The van der Waals surface area contributed by atoms with E-state index in [1.54, 1.807) is 18.2 Å². The zero-order valence-electron chi connectivity index (χ0n) is 11.5. The largest absolute Gasteiger partial charge is 0.454 e. The van der Waals surface area contributed by atoms with Crippen molar-refractivity contribution in [2.75, 3.05) is 6.61 Å². The summed E-state index contributed by atoms with van der Waals surface area (Å²) in [5.74, 6) is -1.83. The summed E-state index contributed by atoms with van der Waals surface area (Å²) in [4.78, 5) is 26.9. The second-order valence-corrected chi connectivity index (χ2v) is 4.73. The Morgan fingerprint density at radius 3 is 2.55 bits per heavy atom. The molecule has 0 saturated heterocycles. The highest BCUT2D eigenvalue weighted by atomic mass is 19.1. The molecule has 1 heterocycles. The van der Waals surface area contributed by atoms with Gasteiger partial charge in [-0.3, -0.25) is 4.79 Å². The quantitative estimate of drug-likeness (QED) is 0.593. The standard InChI is InChI=1S/C17H12FNO3/c18-14-7-3-1-6-12(14)16(20)10-22-17(21)13-9-19-15-8-4-2-5-11(13)15/h1-9,19H,10H2. The van der Waals surface area contributed by atoms with Gasteiger partial charge in [0.05, 0.1) is 11.1 Å². The lowest BCUT2D eigenvalue weighted by molar-refractivity contribution is 0.0475. The molecular formula is C17H12FNO3. The van der Waals surface area contributed by atoms with E-state index in [1.165, 1.54) is 24.4 Å². The molecule has 110 valence electrons. The Morgan fingerprint density at radius 2 is 1.73 bits per heavy atom. The first-order chi connectivity index (χ1) is 10.7. The van der Waals surface area contributed by atoms with Crippen molar-refractivity contribution >= 4 is 22.7 Å². The average Bonchev–Trinajstić information content (AvgIpc) is 2.97. The van der Waals surface area contributed by atoms with Gasteiger partial charge in [-0.05, 0) is 18.2 Å².